The van der Waals surface area contributed by atoms with Crippen molar-refractivity contribution in [1.29, 1.82) is 0 Å². The van der Waals surface area contributed by atoms with E-state index in [1.807, 2.05) is 0 Å². The second-order valence-corrected chi connectivity index (χ2v) is 5.61. The molecule has 2 heteroatoms. The van der Waals surface area contributed by atoms with Crippen LogP contribution in [-0.4, -0.2) is 23.4 Å². The Hall–Kier alpha value is -0.530. The zero-order valence-corrected chi connectivity index (χ0v) is 12.1. The van der Waals surface area contributed by atoms with Gasteiger partial charge in [-0.25, -0.2) is 0 Å². The summed E-state index contributed by atoms with van der Waals surface area (Å²) in [5, 5.41) is 0. The first-order valence-corrected chi connectivity index (χ1v) is 7.74. The molecule has 1 saturated heterocycles. The SMILES string of the molecule is CCc1ccc(CN2CCCCCC2CCl)cc1. The molecule has 0 aliphatic carbocycles. The highest BCUT2D eigenvalue weighted by atomic mass is 35.5. The van der Waals surface area contributed by atoms with Crippen molar-refractivity contribution in [2.24, 2.45) is 0 Å². The predicted molar refractivity (Wildman–Crippen MR) is 79.2 cm³/mol. The molecule has 0 aromatic heterocycles. The lowest BCUT2D eigenvalue weighted by Gasteiger charge is -2.28. The third-order valence-corrected chi connectivity index (χ3v) is 4.35. The fourth-order valence-electron chi connectivity index (χ4n) is 2.73. The Morgan fingerprint density at radius 1 is 1.11 bits per heavy atom. The Kier molecular flexibility index (Phi) is 5.52. The lowest BCUT2D eigenvalue weighted by Crippen LogP contribution is -2.35. The molecular weight excluding hydrogens is 242 g/mol. The van der Waals surface area contributed by atoms with E-state index in [9.17, 15) is 0 Å². The summed E-state index contributed by atoms with van der Waals surface area (Å²) in [6.45, 7) is 4.46. The van der Waals surface area contributed by atoms with E-state index in [2.05, 4.69) is 36.1 Å². The molecule has 18 heavy (non-hydrogen) atoms. The van der Waals surface area contributed by atoms with Gasteiger partial charge >= 0.3 is 0 Å². The number of likely N-dealkylation sites (tertiary alicyclic amines) is 1. The number of hydrogen-bond donors (Lipinski definition) is 0. The number of aryl methyl sites for hydroxylation is 1. The topological polar surface area (TPSA) is 3.24 Å². The van der Waals surface area contributed by atoms with Gasteiger partial charge in [-0.05, 0) is 36.9 Å². The molecule has 1 aliphatic rings. The molecule has 2 rings (SSSR count). The van der Waals surface area contributed by atoms with Crippen LogP contribution < -0.4 is 0 Å². The number of halogens is 1. The summed E-state index contributed by atoms with van der Waals surface area (Å²) in [6.07, 6.45) is 6.40. The Labute approximate surface area is 116 Å². The minimum absolute atomic E-state index is 0.569. The fourth-order valence-corrected chi connectivity index (χ4v) is 3.08. The molecule has 1 heterocycles. The Morgan fingerprint density at radius 2 is 1.83 bits per heavy atom. The van der Waals surface area contributed by atoms with Crippen LogP contribution in [0.4, 0.5) is 0 Å². The first kappa shape index (κ1) is 13.9. The first-order valence-electron chi connectivity index (χ1n) is 7.21. The number of rotatable bonds is 4. The lowest BCUT2D eigenvalue weighted by atomic mass is 10.1. The van der Waals surface area contributed by atoms with Gasteiger partial charge in [-0.2, -0.15) is 0 Å². The van der Waals surface area contributed by atoms with Crippen LogP contribution >= 0.6 is 11.6 Å². The number of nitrogens with zero attached hydrogens (tertiary/aromatic N) is 1. The van der Waals surface area contributed by atoms with E-state index in [1.165, 1.54) is 43.4 Å². The second kappa shape index (κ2) is 7.16. The molecule has 0 N–H and O–H groups in total. The Balaban J connectivity index is 2.00. The molecule has 1 unspecified atom stereocenters. The standard InChI is InChI=1S/C16H24ClN/c1-2-14-7-9-15(10-8-14)13-18-11-5-3-4-6-16(18)12-17/h7-10,16H,2-6,11-13H2,1H3. The van der Waals surface area contributed by atoms with E-state index in [-0.39, 0.29) is 0 Å². The van der Waals surface area contributed by atoms with Crippen molar-refractivity contribution in [3.8, 4) is 0 Å². The summed E-state index contributed by atoms with van der Waals surface area (Å²) in [4.78, 5) is 2.57. The third kappa shape index (κ3) is 3.73. The maximum Gasteiger partial charge on any atom is 0.0379 e. The molecule has 100 valence electrons. The number of alkyl halides is 1. The third-order valence-electron chi connectivity index (χ3n) is 3.99. The van der Waals surface area contributed by atoms with Gasteiger partial charge in [0.05, 0.1) is 0 Å². The van der Waals surface area contributed by atoms with Crippen molar-refractivity contribution in [3.63, 3.8) is 0 Å². The minimum Gasteiger partial charge on any atom is -0.295 e. The molecule has 1 aliphatic heterocycles. The van der Waals surface area contributed by atoms with Gasteiger partial charge in [-0.15, -0.1) is 11.6 Å². The second-order valence-electron chi connectivity index (χ2n) is 5.30. The molecule has 1 nitrogen and oxygen atoms in total. The van der Waals surface area contributed by atoms with Gasteiger partial charge in [0.25, 0.3) is 0 Å². The zero-order chi connectivity index (χ0) is 12.8. The highest BCUT2D eigenvalue weighted by Crippen LogP contribution is 2.20. The van der Waals surface area contributed by atoms with Crippen LogP contribution in [0.1, 0.15) is 43.7 Å². The van der Waals surface area contributed by atoms with Gasteiger partial charge in [0.2, 0.25) is 0 Å². The highest BCUT2D eigenvalue weighted by molar-refractivity contribution is 6.18. The average Bonchev–Trinajstić information content (AvgIpc) is 2.64. The van der Waals surface area contributed by atoms with Crippen LogP contribution in [0.2, 0.25) is 0 Å². The molecule has 0 saturated carbocycles. The molecule has 0 amide bonds. The van der Waals surface area contributed by atoms with Crippen LogP contribution in [0.3, 0.4) is 0 Å². The monoisotopic (exact) mass is 265 g/mol. The van der Waals surface area contributed by atoms with Crippen molar-refractivity contribution in [3.05, 3.63) is 35.4 Å². The summed E-state index contributed by atoms with van der Waals surface area (Å²) >= 11 is 6.12. The largest absolute Gasteiger partial charge is 0.295 e. The Morgan fingerprint density at radius 3 is 2.50 bits per heavy atom. The van der Waals surface area contributed by atoms with Crippen LogP contribution in [0.15, 0.2) is 24.3 Å². The van der Waals surface area contributed by atoms with Crippen molar-refractivity contribution in [2.75, 3.05) is 12.4 Å². The maximum absolute atomic E-state index is 6.12. The van der Waals surface area contributed by atoms with Gasteiger partial charge in [0, 0.05) is 18.5 Å². The van der Waals surface area contributed by atoms with Crippen molar-refractivity contribution < 1.29 is 0 Å². The first-order chi connectivity index (χ1) is 8.83. The van der Waals surface area contributed by atoms with Crippen molar-refractivity contribution in [2.45, 2.75) is 51.6 Å². The smallest absolute Gasteiger partial charge is 0.0379 e. The van der Waals surface area contributed by atoms with Crippen LogP contribution in [0, 0.1) is 0 Å². The molecular formula is C16H24ClN. The van der Waals surface area contributed by atoms with Crippen LogP contribution in [0.25, 0.3) is 0 Å². The molecule has 0 radical (unpaired) electrons. The summed E-state index contributed by atoms with van der Waals surface area (Å²) < 4.78 is 0. The summed E-state index contributed by atoms with van der Waals surface area (Å²) in [5.74, 6) is 0.771. The van der Waals surface area contributed by atoms with Crippen LogP contribution in [0.5, 0.6) is 0 Å². The molecule has 0 bridgehead atoms. The Bertz CT molecular complexity index is 347. The molecule has 1 atom stereocenters. The normalized spacial score (nSPS) is 21.8. The van der Waals surface area contributed by atoms with E-state index in [0.717, 1.165) is 18.8 Å². The molecule has 0 spiro atoms. The fraction of sp³-hybridized carbons (Fsp3) is 0.625. The van der Waals surface area contributed by atoms with E-state index in [4.69, 9.17) is 11.6 Å². The molecule has 1 fully saturated rings. The van der Waals surface area contributed by atoms with Crippen LogP contribution in [-0.2, 0) is 13.0 Å². The minimum atomic E-state index is 0.569. The van der Waals surface area contributed by atoms with Gasteiger partial charge in [-0.1, -0.05) is 44.0 Å². The van der Waals surface area contributed by atoms with E-state index in [0.29, 0.717) is 6.04 Å². The molecule has 1 aromatic rings. The number of benzene rings is 1. The highest BCUT2D eigenvalue weighted by Gasteiger charge is 2.19. The summed E-state index contributed by atoms with van der Waals surface area (Å²) in [5.41, 5.74) is 2.84. The summed E-state index contributed by atoms with van der Waals surface area (Å²) in [7, 11) is 0. The lowest BCUT2D eigenvalue weighted by molar-refractivity contribution is 0.207. The van der Waals surface area contributed by atoms with Gasteiger partial charge in [0.15, 0.2) is 0 Å². The van der Waals surface area contributed by atoms with Crippen molar-refractivity contribution >= 4 is 11.6 Å². The average molecular weight is 266 g/mol. The molecule has 1 aromatic carbocycles. The van der Waals surface area contributed by atoms with Gasteiger partial charge in [0.1, 0.15) is 0 Å². The quantitative estimate of drug-likeness (QED) is 0.737. The summed E-state index contributed by atoms with van der Waals surface area (Å²) in [6, 6.07) is 9.62. The zero-order valence-electron chi connectivity index (χ0n) is 11.4. The van der Waals surface area contributed by atoms with E-state index in [1.54, 1.807) is 0 Å². The number of hydrogen-bond acceptors (Lipinski definition) is 1. The van der Waals surface area contributed by atoms with Gasteiger partial charge in [-0.3, -0.25) is 4.90 Å². The van der Waals surface area contributed by atoms with Crippen molar-refractivity contribution in [1.82, 2.24) is 4.90 Å². The maximum atomic E-state index is 6.12. The van der Waals surface area contributed by atoms with Gasteiger partial charge < -0.3 is 0 Å². The van der Waals surface area contributed by atoms with E-state index < -0.39 is 0 Å². The predicted octanol–water partition coefficient (Wildman–Crippen LogP) is 4.23. The van der Waals surface area contributed by atoms with E-state index >= 15 is 0 Å².